The molecule has 0 radical (unpaired) electrons. The van der Waals surface area contributed by atoms with Crippen LogP contribution in [0.2, 0.25) is 0 Å². The Kier molecular flexibility index (Phi) is 22.1. The summed E-state index contributed by atoms with van der Waals surface area (Å²) in [6, 6.07) is 0. The van der Waals surface area contributed by atoms with Crippen molar-refractivity contribution in [3.63, 3.8) is 0 Å². The number of aliphatic hydroxyl groups is 2. The van der Waals surface area contributed by atoms with Gasteiger partial charge in [0.15, 0.2) is 0 Å². The maximum Gasteiger partial charge on any atom is 0.305 e. The molecular weight excluding hydrogens is 456 g/mol. The Morgan fingerprint density at radius 3 is 2.13 bits per heavy atom. The van der Waals surface area contributed by atoms with Crippen LogP contribution in [0.1, 0.15) is 110 Å². The van der Waals surface area contributed by atoms with E-state index in [2.05, 4.69) is 48.0 Å². The standard InChI is InChI=1S/C26H47BrO4/c1-23(2)17-13-11-9-7-5-3-4-6-8-10-12-14-18-24(27)19-15-16-20-26(30)31-22-25(29)21-28/h10,12,19,23,25,28-29H,3-9,11,13-18,20-22H2,1-2H3. The largest absolute Gasteiger partial charge is 0.463 e. The third-order valence-electron chi connectivity index (χ3n) is 5.22. The van der Waals surface area contributed by atoms with Gasteiger partial charge in [-0.05, 0) is 48.9 Å². The molecule has 0 saturated heterocycles. The summed E-state index contributed by atoms with van der Waals surface area (Å²) >= 11 is 3.60. The molecule has 0 bridgehead atoms. The second kappa shape index (κ2) is 22.5. The number of carbonyl (C=O) groups is 1. The molecule has 5 heteroatoms. The summed E-state index contributed by atoms with van der Waals surface area (Å²) in [7, 11) is 0. The van der Waals surface area contributed by atoms with Crippen LogP contribution in [-0.2, 0) is 9.53 Å². The molecule has 0 aromatic rings. The van der Waals surface area contributed by atoms with Gasteiger partial charge in [-0.1, -0.05) is 99.4 Å². The van der Waals surface area contributed by atoms with Gasteiger partial charge in [-0.25, -0.2) is 0 Å². The number of unbranched alkanes of at least 4 members (excludes halogenated alkanes) is 9. The molecule has 2 N–H and O–H groups in total. The van der Waals surface area contributed by atoms with Crippen LogP contribution in [0.3, 0.4) is 0 Å². The van der Waals surface area contributed by atoms with Gasteiger partial charge in [0.1, 0.15) is 12.7 Å². The van der Waals surface area contributed by atoms with Gasteiger partial charge in [0.2, 0.25) is 0 Å². The lowest BCUT2D eigenvalue weighted by molar-refractivity contribution is -0.147. The molecular formula is C26H47BrO4. The Bertz CT molecular complexity index is 474. The van der Waals surface area contributed by atoms with Crippen LogP contribution in [0.5, 0.6) is 0 Å². The summed E-state index contributed by atoms with van der Waals surface area (Å²) in [5, 5.41) is 17.8. The van der Waals surface area contributed by atoms with Gasteiger partial charge in [-0.3, -0.25) is 4.79 Å². The van der Waals surface area contributed by atoms with Crippen LogP contribution < -0.4 is 0 Å². The number of ether oxygens (including phenoxy) is 1. The zero-order valence-corrected chi connectivity index (χ0v) is 21.6. The molecule has 31 heavy (non-hydrogen) atoms. The highest BCUT2D eigenvalue weighted by atomic mass is 79.9. The summed E-state index contributed by atoms with van der Waals surface area (Å²) in [5.74, 6) is 0.523. The number of aliphatic hydroxyl groups excluding tert-OH is 2. The van der Waals surface area contributed by atoms with Gasteiger partial charge in [0, 0.05) is 6.42 Å². The molecule has 1 atom stereocenters. The first kappa shape index (κ1) is 30.4. The Labute approximate surface area is 199 Å². The molecule has 0 aliphatic rings. The van der Waals surface area contributed by atoms with Gasteiger partial charge in [-0.15, -0.1) is 0 Å². The molecule has 0 aromatic carbocycles. The first-order chi connectivity index (χ1) is 15.0. The van der Waals surface area contributed by atoms with Gasteiger partial charge in [0.25, 0.3) is 0 Å². The van der Waals surface area contributed by atoms with Crippen molar-refractivity contribution < 1.29 is 19.7 Å². The van der Waals surface area contributed by atoms with E-state index in [1.807, 2.05) is 0 Å². The predicted octanol–water partition coefficient (Wildman–Crippen LogP) is 7.23. The van der Waals surface area contributed by atoms with Gasteiger partial charge in [-0.2, -0.15) is 0 Å². The molecule has 4 nitrogen and oxygen atoms in total. The Hall–Kier alpha value is -0.650. The van der Waals surface area contributed by atoms with Crippen LogP contribution in [-0.4, -0.2) is 35.5 Å². The van der Waals surface area contributed by atoms with Crippen LogP contribution in [0.4, 0.5) is 0 Å². The minimum atomic E-state index is -0.986. The highest BCUT2D eigenvalue weighted by Gasteiger charge is 2.07. The fourth-order valence-electron chi connectivity index (χ4n) is 3.25. The highest BCUT2D eigenvalue weighted by molar-refractivity contribution is 9.11. The number of hydrogen-bond acceptors (Lipinski definition) is 4. The molecule has 1 unspecified atom stereocenters. The van der Waals surface area contributed by atoms with E-state index in [0.29, 0.717) is 6.42 Å². The fourth-order valence-corrected chi connectivity index (χ4v) is 3.71. The molecule has 182 valence electrons. The van der Waals surface area contributed by atoms with E-state index in [1.54, 1.807) is 0 Å². The number of esters is 1. The molecule has 0 rings (SSSR count). The lowest BCUT2D eigenvalue weighted by Crippen LogP contribution is -2.21. The highest BCUT2D eigenvalue weighted by Crippen LogP contribution is 2.16. The lowest BCUT2D eigenvalue weighted by atomic mass is 10.0. The summed E-state index contributed by atoms with van der Waals surface area (Å²) in [6.45, 7) is 4.09. The maximum atomic E-state index is 11.5. The zero-order chi connectivity index (χ0) is 23.2. The summed E-state index contributed by atoms with van der Waals surface area (Å²) in [5.41, 5.74) is 0. The molecule has 0 amide bonds. The first-order valence-corrected chi connectivity index (χ1v) is 13.2. The first-order valence-electron chi connectivity index (χ1n) is 12.4. The second-order valence-electron chi connectivity index (χ2n) is 8.87. The number of hydrogen-bond donors (Lipinski definition) is 2. The van der Waals surface area contributed by atoms with Crippen molar-refractivity contribution in [3.8, 4) is 0 Å². The topological polar surface area (TPSA) is 66.8 Å². The van der Waals surface area contributed by atoms with Crippen molar-refractivity contribution in [1.29, 1.82) is 0 Å². The summed E-state index contributed by atoms with van der Waals surface area (Å²) in [4.78, 5) is 11.5. The smallest absolute Gasteiger partial charge is 0.305 e. The molecule has 0 saturated carbocycles. The van der Waals surface area contributed by atoms with Gasteiger partial charge >= 0.3 is 5.97 Å². The van der Waals surface area contributed by atoms with Crippen LogP contribution in [0.25, 0.3) is 0 Å². The van der Waals surface area contributed by atoms with Crippen molar-refractivity contribution in [1.82, 2.24) is 0 Å². The minimum Gasteiger partial charge on any atom is -0.463 e. The van der Waals surface area contributed by atoms with E-state index >= 15 is 0 Å². The molecule has 0 spiro atoms. The van der Waals surface area contributed by atoms with E-state index in [4.69, 9.17) is 14.9 Å². The maximum absolute atomic E-state index is 11.5. The van der Waals surface area contributed by atoms with Gasteiger partial charge < -0.3 is 14.9 Å². The number of carbonyl (C=O) groups excluding carboxylic acids is 1. The Balaban J connectivity index is 3.47. The van der Waals surface area contributed by atoms with Crippen molar-refractivity contribution in [2.45, 2.75) is 116 Å². The Morgan fingerprint density at radius 2 is 1.48 bits per heavy atom. The van der Waals surface area contributed by atoms with Crippen LogP contribution in [0.15, 0.2) is 22.7 Å². The zero-order valence-electron chi connectivity index (χ0n) is 20.0. The summed E-state index contributed by atoms with van der Waals surface area (Å²) < 4.78 is 6.05. The lowest BCUT2D eigenvalue weighted by Gasteiger charge is -2.07. The Morgan fingerprint density at radius 1 is 0.871 bits per heavy atom. The van der Waals surface area contributed by atoms with E-state index < -0.39 is 12.7 Å². The molecule has 0 aliphatic carbocycles. The van der Waals surface area contributed by atoms with Crippen molar-refractivity contribution in [3.05, 3.63) is 22.7 Å². The average Bonchev–Trinajstić information content (AvgIpc) is 2.74. The summed E-state index contributed by atoms with van der Waals surface area (Å²) in [6.07, 6.45) is 23.2. The molecule has 0 aliphatic heterocycles. The predicted molar refractivity (Wildman–Crippen MR) is 134 cm³/mol. The third-order valence-corrected chi connectivity index (χ3v) is 5.94. The quantitative estimate of drug-likeness (QED) is 0.0986. The minimum absolute atomic E-state index is 0.139. The average molecular weight is 504 g/mol. The third kappa shape index (κ3) is 23.8. The normalized spacial score (nSPS) is 13.3. The van der Waals surface area contributed by atoms with E-state index in [-0.39, 0.29) is 12.6 Å². The van der Waals surface area contributed by atoms with Crippen molar-refractivity contribution in [2.24, 2.45) is 5.92 Å². The van der Waals surface area contributed by atoms with Crippen LogP contribution in [0, 0.1) is 5.92 Å². The number of halogens is 1. The number of allylic oxidation sites excluding steroid dienone is 4. The van der Waals surface area contributed by atoms with E-state index in [9.17, 15) is 4.79 Å². The second-order valence-corrected chi connectivity index (χ2v) is 9.89. The van der Waals surface area contributed by atoms with E-state index in [1.165, 1.54) is 68.7 Å². The molecule has 0 aromatic heterocycles. The molecule has 0 heterocycles. The molecule has 0 fully saturated rings. The SMILES string of the molecule is CC(C)CCCCCCCCCCC=CCCC(Br)=CCCCC(=O)OCC(O)CO. The van der Waals surface area contributed by atoms with Crippen molar-refractivity contribution in [2.75, 3.05) is 13.2 Å². The fraction of sp³-hybridized carbons (Fsp3) is 0.808. The van der Waals surface area contributed by atoms with Crippen LogP contribution >= 0.6 is 15.9 Å². The van der Waals surface area contributed by atoms with E-state index in [0.717, 1.165) is 31.6 Å². The van der Waals surface area contributed by atoms with Crippen molar-refractivity contribution >= 4 is 21.9 Å². The monoisotopic (exact) mass is 502 g/mol. The van der Waals surface area contributed by atoms with Gasteiger partial charge in [0.05, 0.1) is 6.61 Å². The number of rotatable bonds is 21.